The molecule has 1 aliphatic rings. The fourth-order valence-corrected chi connectivity index (χ4v) is 1.56. The molecule has 0 aromatic carbocycles. The molecule has 2 heteroatoms. The zero-order valence-electron chi connectivity index (χ0n) is 8.19. The Morgan fingerprint density at radius 1 is 1.54 bits per heavy atom. The van der Waals surface area contributed by atoms with Gasteiger partial charge in [-0.1, -0.05) is 37.1 Å². The maximum atomic E-state index is 12.9. The van der Waals surface area contributed by atoms with Gasteiger partial charge in [-0.3, -0.25) is 0 Å². The Balaban J connectivity index is 2.67. The van der Waals surface area contributed by atoms with Crippen molar-refractivity contribution >= 4 is 0 Å². The third kappa shape index (κ3) is 2.94. The van der Waals surface area contributed by atoms with Crippen molar-refractivity contribution in [2.45, 2.75) is 39.0 Å². The van der Waals surface area contributed by atoms with Crippen molar-refractivity contribution in [3.63, 3.8) is 0 Å². The first-order chi connectivity index (χ1) is 6.04. The average Bonchev–Trinajstić information content (AvgIpc) is 2.04. The first-order valence-electron chi connectivity index (χ1n) is 4.79. The first kappa shape index (κ1) is 10.4. The highest BCUT2D eigenvalue weighted by Crippen LogP contribution is 2.32. The summed E-state index contributed by atoms with van der Waals surface area (Å²) in [6.07, 6.45) is 7.93. The molecule has 0 amide bonds. The SMILES string of the molecule is CCCC1=CC(C(C)(F)F)CC=C1. The third-order valence-electron chi connectivity index (χ3n) is 2.33. The van der Waals surface area contributed by atoms with Gasteiger partial charge in [-0.05, 0) is 19.8 Å². The molecule has 1 rings (SSSR count). The molecule has 0 nitrogen and oxygen atoms in total. The Morgan fingerprint density at radius 2 is 2.23 bits per heavy atom. The van der Waals surface area contributed by atoms with Crippen molar-refractivity contribution in [1.82, 2.24) is 0 Å². The third-order valence-corrected chi connectivity index (χ3v) is 2.33. The number of allylic oxidation sites excluding steroid dienone is 4. The van der Waals surface area contributed by atoms with Crippen LogP contribution in [-0.2, 0) is 0 Å². The van der Waals surface area contributed by atoms with Gasteiger partial charge >= 0.3 is 0 Å². The number of halogens is 2. The van der Waals surface area contributed by atoms with E-state index < -0.39 is 11.8 Å². The monoisotopic (exact) mass is 186 g/mol. The van der Waals surface area contributed by atoms with Crippen molar-refractivity contribution in [2.75, 3.05) is 0 Å². The number of hydrogen-bond acceptors (Lipinski definition) is 0. The van der Waals surface area contributed by atoms with Crippen LogP contribution in [0.5, 0.6) is 0 Å². The van der Waals surface area contributed by atoms with Crippen molar-refractivity contribution < 1.29 is 8.78 Å². The van der Waals surface area contributed by atoms with Crippen molar-refractivity contribution in [2.24, 2.45) is 5.92 Å². The highest BCUT2D eigenvalue weighted by atomic mass is 19.3. The molecule has 0 aromatic rings. The summed E-state index contributed by atoms with van der Waals surface area (Å²) in [5.41, 5.74) is 1.06. The topological polar surface area (TPSA) is 0 Å². The van der Waals surface area contributed by atoms with E-state index in [1.807, 2.05) is 12.2 Å². The van der Waals surface area contributed by atoms with Gasteiger partial charge in [-0.15, -0.1) is 0 Å². The minimum absolute atomic E-state index is 0.469. The molecular formula is C11H16F2. The lowest BCUT2D eigenvalue weighted by Gasteiger charge is -2.22. The minimum Gasteiger partial charge on any atom is -0.207 e. The molecule has 0 N–H and O–H groups in total. The Morgan fingerprint density at radius 3 is 2.77 bits per heavy atom. The van der Waals surface area contributed by atoms with Crippen molar-refractivity contribution in [3.05, 3.63) is 23.8 Å². The number of hydrogen-bond donors (Lipinski definition) is 0. The molecule has 13 heavy (non-hydrogen) atoms. The quantitative estimate of drug-likeness (QED) is 0.626. The van der Waals surface area contributed by atoms with E-state index in [-0.39, 0.29) is 0 Å². The summed E-state index contributed by atoms with van der Waals surface area (Å²) < 4.78 is 25.9. The van der Waals surface area contributed by atoms with Gasteiger partial charge in [0.05, 0.1) is 0 Å². The lowest BCUT2D eigenvalue weighted by Crippen LogP contribution is -2.23. The summed E-state index contributed by atoms with van der Waals surface area (Å²) in [5, 5.41) is 0. The fourth-order valence-electron chi connectivity index (χ4n) is 1.56. The van der Waals surface area contributed by atoms with Crippen molar-refractivity contribution in [1.29, 1.82) is 0 Å². The molecule has 0 aromatic heterocycles. The average molecular weight is 186 g/mol. The summed E-state index contributed by atoms with van der Waals surface area (Å²) >= 11 is 0. The van der Waals surface area contributed by atoms with Crippen molar-refractivity contribution in [3.8, 4) is 0 Å². The summed E-state index contributed by atoms with van der Waals surface area (Å²) in [6.45, 7) is 3.05. The molecule has 0 radical (unpaired) electrons. The van der Waals surface area contributed by atoms with E-state index in [4.69, 9.17) is 0 Å². The summed E-state index contributed by atoms with van der Waals surface area (Å²) in [5.74, 6) is -3.18. The zero-order chi connectivity index (χ0) is 9.90. The molecule has 74 valence electrons. The molecule has 0 fully saturated rings. The highest BCUT2D eigenvalue weighted by molar-refractivity contribution is 5.24. The van der Waals surface area contributed by atoms with Gasteiger partial charge in [0, 0.05) is 5.92 Å². The van der Waals surface area contributed by atoms with Crippen LogP contribution in [0.15, 0.2) is 23.8 Å². The molecule has 0 saturated heterocycles. The Bertz CT molecular complexity index is 221. The summed E-state index contributed by atoms with van der Waals surface area (Å²) in [6, 6.07) is 0. The molecule has 0 saturated carbocycles. The Hall–Kier alpha value is -0.660. The van der Waals surface area contributed by atoms with Crippen LogP contribution in [0.25, 0.3) is 0 Å². The van der Waals surface area contributed by atoms with Gasteiger partial charge in [0.25, 0.3) is 5.92 Å². The van der Waals surface area contributed by atoms with E-state index >= 15 is 0 Å². The van der Waals surface area contributed by atoms with Crippen LogP contribution in [0.3, 0.4) is 0 Å². The van der Waals surface area contributed by atoms with Crippen LogP contribution in [0.4, 0.5) is 8.78 Å². The predicted octanol–water partition coefficient (Wildman–Crippen LogP) is 3.94. The molecule has 1 aliphatic carbocycles. The second-order valence-electron chi connectivity index (χ2n) is 3.69. The maximum absolute atomic E-state index is 12.9. The Labute approximate surface area is 78.3 Å². The lowest BCUT2D eigenvalue weighted by molar-refractivity contribution is -0.0204. The van der Waals surface area contributed by atoms with Crippen LogP contribution in [0, 0.1) is 5.92 Å². The molecule has 0 aliphatic heterocycles. The van der Waals surface area contributed by atoms with E-state index in [9.17, 15) is 8.78 Å². The fraction of sp³-hybridized carbons (Fsp3) is 0.636. The van der Waals surface area contributed by atoms with Crippen LogP contribution in [0.2, 0.25) is 0 Å². The second kappa shape index (κ2) is 4.03. The molecule has 0 bridgehead atoms. The molecule has 1 unspecified atom stereocenters. The minimum atomic E-state index is -2.58. The van der Waals surface area contributed by atoms with Crippen LogP contribution < -0.4 is 0 Å². The van der Waals surface area contributed by atoms with E-state index in [1.165, 1.54) is 0 Å². The standard InChI is InChI=1S/C11H16F2/c1-3-5-9-6-4-7-10(8-9)11(2,12)13/h4,6,8,10H,3,5,7H2,1-2H3. The molecule has 0 heterocycles. The zero-order valence-corrected chi connectivity index (χ0v) is 8.19. The van der Waals surface area contributed by atoms with Gasteiger partial charge in [0.2, 0.25) is 0 Å². The highest BCUT2D eigenvalue weighted by Gasteiger charge is 2.32. The van der Waals surface area contributed by atoms with Crippen LogP contribution in [-0.4, -0.2) is 5.92 Å². The number of rotatable bonds is 3. The van der Waals surface area contributed by atoms with Gasteiger partial charge in [0.15, 0.2) is 0 Å². The maximum Gasteiger partial charge on any atom is 0.251 e. The van der Waals surface area contributed by atoms with Gasteiger partial charge < -0.3 is 0 Å². The van der Waals surface area contributed by atoms with Gasteiger partial charge in [0.1, 0.15) is 0 Å². The normalized spacial score (nSPS) is 23.1. The Kier molecular flexibility index (Phi) is 3.23. The summed E-state index contributed by atoms with van der Waals surface area (Å²) in [4.78, 5) is 0. The molecular weight excluding hydrogens is 170 g/mol. The van der Waals surface area contributed by atoms with Gasteiger partial charge in [-0.25, -0.2) is 8.78 Å². The van der Waals surface area contributed by atoms with Crippen LogP contribution in [0.1, 0.15) is 33.1 Å². The van der Waals surface area contributed by atoms with Gasteiger partial charge in [-0.2, -0.15) is 0 Å². The number of alkyl halides is 2. The van der Waals surface area contributed by atoms with E-state index in [2.05, 4.69) is 6.92 Å². The smallest absolute Gasteiger partial charge is 0.207 e. The van der Waals surface area contributed by atoms with Crippen LogP contribution >= 0.6 is 0 Å². The molecule has 0 spiro atoms. The van der Waals surface area contributed by atoms with E-state index in [1.54, 1.807) is 6.08 Å². The van der Waals surface area contributed by atoms with E-state index in [0.29, 0.717) is 6.42 Å². The van der Waals surface area contributed by atoms with E-state index in [0.717, 1.165) is 25.3 Å². The second-order valence-corrected chi connectivity index (χ2v) is 3.69. The summed E-state index contributed by atoms with van der Waals surface area (Å²) in [7, 11) is 0. The predicted molar refractivity (Wildman–Crippen MR) is 50.9 cm³/mol. The lowest BCUT2D eigenvalue weighted by atomic mass is 9.90. The first-order valence-corrected chi connectivity index (χ1v) is 4.79. The largest absolute Gasteiger partial charge is 0.251 e. The molecule has 1 atom stereocenters.